The van der Waals surface area contributed by atoms with E-state index < -0.39 is 5.95 Å². The lowest BCUT2D eigenvalue weighted by Crippen LogP contribution is -2.41. The van der Waals surface area contributed by atoms with Gasteiger partial charge in [0.05, 0.1) is 6.04 Å². The summed E-state index contributed by atoms with van der Waals surface area (Å²) in [7, 11) is 0. The van der Waals surface area contributed by atoms with Gasteiger partial charge in [-0.05, 0) is 38.1 Å². The highest BCUT2D eigenvalue weighted by atomic mass is 19.1. The highest BCUT2D eigenvalue weighted by Crippen LogP contribution is 2.28. The fraction of sp³-hybridized carbons (Fsp3) is 0.333. The molecule has 1 aliphatic rings. The zero-order chi connectivity index (χ0) is 14.3. The molecule has 0 N–H and O–H groups in total. The van der Waals surface area contributed by atoms with Gasteiger partial charge in [-0.3, -0.25) is 4.79 Å². The first-order chi connectivity index (χ1) is 9.58. The Morgan fingerprint density at radius 2 is 2.10 bits per heavy atom. The van der Waals surface area contributed by atoms with Gasteiger partial charge in [0, 0.05) is 24.5 Å². The summed E-state index contributed by atoms with van der Waals surface area (Å²) in [4.78, 5) is 17.9. The van der Waals surface area contributed by atoms with Gasteiger partial charge in [-0.25, -0.2) is 4.98 Å². The minimum Gasteiger partial charge on any atom is -0.345 e. The molecule has 1 unspecified atom stereocenters. The first kappa shape index (κ1) is 12.8. The van der Waals surface area contributed by atoms with Crippen molar-refractivity contribution in [3.8, 4) is 0 Å². The maximum Gasteiger partial charge on any atom is 0.273 e. The van der Waals surface area contributed by atoms with E-state index in [2.05, 4.69) is 22.5 Å². The van der Waals surface area contributed by atoms with Crippen molar-refractivity contribution in [1.82, 2.24) is 14.5 Å². The SMILES string of the molecule is Cc1ccc2n1CCN(C(=O)c1cccc(F)n1)C2C. The Labute approximate surface area is 116 Å². The number of carbonyl (C=O) groups excluding carboxylic acids is 1. The van der Waals surface area contributed by atoms with Crippen molar-refractivity contribution >= 4 is 5.91 Å². The molecule has 0 saturated heterocycles. The second-order valence-electron chi connectivity index (χ2n) is 5.07. The van der Waals surface area contributed by atoms with Crippen LogP contribution in [0.4, 0.5) is 4.39 Å². The van der Waals surface area contributed by atoms with Gasteiger partial charge in [0.2, 0.25) is 5.95 Å². The predicted octanol–water partition coefficient (Wildman–Crippen LogP) is 2.55. The lowest BCUT2D eigenvalue weighted by Gasteiger charge is -2.35. The standard InChI is InChI=1S/C15H16FN3O/c1-10-6-7-13-11(2)19(9-8-18(10)13)15(20)12-4-3-5-14(16)17-12/h3-7,11H,8-9H2,1-2H3. The highest BCUT2D eigenvalue weighted by Gasteiger charge is 2.29. The zero-order valence-corrected chi connectivity index (χ0v) is 11.5. The predicted molar refractivity (Wildman–Crippen MR) is 72.8 cm³/mol. The molecule has 1 amide bonds. The van der Waals surface area contributed by atoms with Crippen molar-refractivity contribution in [1.29, 1.82) is 0 Å². The zero-order valence-electron chi connectivity index (χ0n) is 11.5. The summed E-state index contributed by atoms with van der Waals surface area (Å²) in [6.45, 7) is 5.42. The van der Waals surface area contributed by atoms with Crippen LogP contribution in [0.1, 0.15) is 34.8 Å². The molecule has 104 valence electrons. The monoisotopic (exact) mass is 273 g/mol. The molecule has 1 atom stereocenters. The van der Waals surface area contributed by atoms with Crippen LogP contribution in [-0.2, 0) is 6.54 Å². The number of rotatable bonds is 1. The maximum atomic E-state index is 13.1. The second-order valence-corrected chi connectivity index (χ2v) is 5.07. The Hall–Kier alpha value is -2.17. The second kappa shape index (κ2) is 4.74. The van der Waals surface area contributed by atoms with Crippen molar-refractivity contribution in [2.75, 3.05) is 6.54 Å². The van der Waals surface area contributed by atoms with Crippen LogP contribution in [0.3, 0.4) is 0 Å². The molecular weight excluding hydrogens is 257 g/mol. The minimum absolute atomic E-state index is 0.0324. The third-order valence-corrected chi connectivity index (χ3v) is 3.89. The largest absolute Gasteiger partial charge is 0.345 e. The number of aryl methyl sites for hydroxylation is 1. The van der Waals surface area contributed by atoms with E-state index in [-0.39, 0.29) is 17.6 Å². The first-order valence-electron chi connectivity index (χ1n) is 6.67. The molecule has 0 radical (unpaired) electrons. The van der Waals surface area contributed by atoms with E-state index in [0.29, 0.717) is 6.54 Å². The van der Waals surface area contributed by atoms with E-state index in [1.54, 1.807) is 11.0 Å². The lowest BCUT2D eigenvalue weighted by atomic mass is 10.1. The average molecular weight is 273 g/mol. The Bertz CT molecular complexity index is 665. The molecule has 0 spiro atoms. The Morgan fingerprint density at radius 1 is 1.30 bits per heavy atom. The van der Waals surface area contributed by atoms with E-state index in [9.17, 15) is 9.18 Å². The molecule has 0 fully saturated rings. The van der Waals surface area contributed by atoms with Gasteiger partial charge in [0.1, 0.15) is 5.69 Å². The summed E-state index contributed by atoms with van der Waals surface area (Å²) in [6, 6.07) is 8.37. The van der Waals surface area contributed by atoms with Crippen LogP contribution in [0.15, 0.2) is 30.3 Å². The molecule has 20 heavy (non-hydrogen) atoms. The molecular formula is C15H16FN3O. The normalized spacial score (nSPS) is 17.9. The average Bonchev–Trinajstić information content (AvgIpc) is 2.81. The molecule has 0 saturated carbocycles. The quantitative estimate of drug-likeness (QED) is 0.749. The van der Waals surface area contributed by atoms with Crippen molar-refractivity contribution in [2.45, 2.75) is 26.4 Å². The van der Waals surface area contributed by atoms with Gasteiger partial charge in [-0.1, -0.05) is 6.07 Å². The summed E-state index contributed by atoms with van der Waals surface area (Å²) in [6.07, 6.45) is 0. The van der Waals surface area contributed by atoms with Crippen molar-refractivity contribution in [2.24, 2.45) is 0 Å². The van der Waals surface area contributed by atoms with E-state index in [1.807, 2.05) is 13.0 Å². The van der Waals surface area contributed by atoms with Gasteiger partial charge in [0.25, 0.3) is 5.91 Å². The third kappa shape index (κ3) is 1.99. The number of hydrogen-bond acceptors (Lipinski definition) is 2. The number of aromatic nitrogens is 2. The number of amides is 1. The smallest absolute Gasteiger partial charge is 0.273 e. The molecule has 2 aromatic heterocycles. The van der Waals surface area contributed by atoms with E-state index in [4.69, 9.17) is 0 Å². The number of nitrogens with zero attached hydrogens (tertiary/aromatic N) is 3. The first-order valence-corrected chi connectivity index (χ1v) is 6.67. The van der Waals surface area contributed by atoms with Crippen molar-refractivity contribution in [3.63, 3.8) is 0 Å². The minimum atomic E-state index is -0.625. The van der Waals surface area contributed by atoms with Gasteiger partial charge in [-0.2, -0.15) is 4.39 Å². The third-order valence-electron chi connectivity index (χ3n) is 3.89. The van der Waals surface area contributed by atoms with Gasteiger partial charge < -0.3 is 9.47 Å². The van der Waals surface area contributed by atoms with Crippen LogP contribution >= 0.6 is 0 Å². The highest BCUT2D eigenvalue weighted by molar-refractivity contribution is 5.92. The summed E-state index contributed by atoms with van der Waals surface area (Å²) < 4.78 is 15.4. The molecule has 5 heteroatoms. The lowest BCUT2D eigenvalue weighted by molar-refractivity contribution is 0.0635. The Balaban J connectivity index is 1.91. The number of pyridine rings is 1. The van der Waals surface area contributed by atoms with Gasteiger partial charge in [-0.15, -0.1) is 0 Å². The summed E-state index contributed by atoms with van der Waals surface area (Å²) in [5, 5.41) is 0. The molecule has 4 nitrogen and oxygen atoms in total. The molecule has 0 aliphatic carbocycles. The number of fused-ring (bicyclic) bond motifs is 1. The maximum absolute atomic E-state index is 13.1. The molecule has 1 aliphatic heterocycles. The number of carbonyl (C=O) groups is 1. The van der Waals surface area contributed by atoms with Gasteiger partial charge in [0.15, 0.2) is 0 Å². The van der Waals surface area contributed by atoms with Crippen molar-refractivity contribution < 1.29 is 9.18 Å². The molecule has 3 heterocycles. The number of hydrogen-bond donors (Lipinski definition) is 0. The molecule has 3 rings (SSSR count). The van der Waals surface area contributed by atoms with E-state index >= 15 is 0 Å². The number of halogens is 1. The molecule has 0 aromatic carbocycles. The van der Waals surface area contributed by atoms with Crippen LogP contribution in [0.2, 0.25) is 0 Å². The van der Waals surface area contributed by atoms with Crippen LogP contribution < -0.4 is 0 Å². The summed E-state index contributed by atoms with van der Waals surface area (Å²) in [5.74, 6) is -0.846. The topological polar surface area (TPSA) is 38.1 Å². The van der Waals surface area contributed by atoms with Crippen molar-refractivity contribution in [3.05, 3.63) is 53.4 Å². The molecule has 2 aromatic rings. The fourth-order valence-corrected chi connectivity index (χ4v) is 2.77. The summed E-state index contributed by atoms with van der Waals surface area (Å²) >= 11 is 0. The Kier molecular flexibility index (Phi) is 3.04. The van der Waals surface area contributed by atoms with Crippen LogP contribution in [-0.4, -0.2) is 26.9 Å². The van der Waals surface area contributed by atoms with E-state index in [0.717, 1.165) is 12.2 Å². The van der Waals surface area contributed by atoms with Crippen LogP contribution in [0.25, 0.3) is 0 Å². The Morgan fingerprint density at radius 3 is 2.85 bits per heavy atom. The van der Waals surface area contributed by atoms with Gasteiger partial charge >= 0.3 is 0 Å². The van der Waals surface area contributed by atoms with Crippen LogP contribution in [0, 0.1) is 12.9 Å². The summed E-state index contributed by atoms with van der Waals surface area (Å²) in [5.41, 5.74) is 2.47. The fourth-order valence-electron chi connectivity index (χ4n) is 2.77. The van der Waals surface area contributed by atoms with E-state index in [1.165, 1.54) is 17.8 Å². The van der Waals surface area contributed by atoms with Crippen LogP contribution in [0.5, 0.6) is 0 Å². The molecule has 0 bridgehead atoms.